The number of carbonyl (C=O) groups is 1. The SMILES string of the molecule is Cl.NCCNC(=O)COc1cccc(Br)c1. The van der Waals surface area contributed by atoms with Gasteiger partial charge in [-0.05, 0) is 18.2 Å². The van der Waals surface area contributed by atoms with Crippen LogP contribution in [0.25, 0.3) is 0 Å². The average Bonchev–Trinajstić information content (AvgIpc) is 2.23. The van der Waals surface area contributed by atoms with Gasteiger partial charge in [-0.25, -0.2) is 0 Å². The van der Waals surface area contributed by atoms with E-state index in [2.05, 4.69) is 21.2 Å². The molecular weight excluding hydrogens is 295 g/mol. The molecule has 0 spiro atoms. The van der Waals surface area contributed by atoms with Gasteiger partial charge in [0, 0.05) is 17.6 Å². The first-order valence-electron chi connectivity index (χ1n) is 4.57. The Balaban J connectivity index is 0.00000225. The van der Waals surface area contributed by atoms with Crippen molar-refractivity contribution in [2.24, 2.45) is 5.73 Å². The number of ether oxygens (including phenoxy) is 1. The molecule has 0 aliphatic rings. The second-order valence-electron chi connectivity index (χ2n) is 2.88. The molecule has 1 amide bonds. The summed E-state index contributed by atoms with van der Waals surface area (Å²) in [5.41, 5.74) is 5.24. The molecule has 0 saturated carbocycles. The van der Waals surface area contributed by atoms with E-state index >= 15 is 0 Å². The molecule has 1 aromatic rings. The van der Waals surface area contributed by atoms with Gasteiger partial charge in [-0.3, -0.25) is 4.79 Å². The van der Waals surface area contributed by atoms with E-state index in [0.29, 0.717) is 18.8 Å². The Morgan fingerprint density at radius 3 is 2.88 bits per heavy atom. The summed E-state index contributed by atoms with van der Waals surface area (Å²) in [7, 11) is 0. The lowest BCUT2D eigenvalue weighted by molar-refractivity contribution is -0.123. The number of halogens is 2. The molecule has 0 saturated heterocycles. The molecule has 90 valence electrons. The Morgan fingerprint density at radius 2 is 2.25 bits per heavy atom. The van der Waals surface area contributed by atoms with E-state index in [1.807, 2.05) is 12.1 Å². The molecule has 0 aliphatic carbocycles. The molecule has 0 atom stereocenters. The summed E-state index contributed by atoms with van der Waals surface area (Å²) in [5.74, 6) is 0.493. The lowest BCUT2D eigenvalue weighted by Gasteiger charge is -2.06. The number of nitrogens with one attached hydrogen (secondary N) is 1. The summed E-state index contributed by atoms with van der Waals surface area (Å²) in [5, 5.41) is 2.62. The van der Waals surface area contributed by atoms with Crippen LogP contribution >= 0.6 is 28.3 Å². The Hall–Kier alpha value is -0.780. The summed E-state index contributed by atoms with van der Waals surface area (Å²) in [4.78, 5) is 11.2. The van der Waals surface area contributed by atoms with Gasteiger partial charge in [0.15, 0.2) is 6.61 Å². The summed E-state index contributed by atoms with van der Waals surface area (Å²) in [6.45, 7) is 0.916. The second kappa shape index (κ2) is 8.38. The second-order valence-corrected chi connectivity index (χ2v) is 3.80. The lowest BCUT2D eigenvalue weighted by Crippen LogP contribution is -2.32. The van der Waals surface area contributed by atoms with Crippen molar-refractivity contribution in [1.29, 1.82) is 0 Å². The third-order valence-corrected chi connectivity index (χ3v) is 2.13. The largest absolute Gasteiger partial charge is 0.484 e. The molecule has 0 heterocycles. The molecule has 4 nitrogen and oxygen atoms in total. The molecule has 0 bridgehead atoms. The number of amides is 1. The van der Waals surface area contributed by atoms with Gasteiger partial charge in [0.2, 0.25) is 0 Å². The maximum Gasteiger partial charge on any atom is 0.257 e. The number of rotatable bonds is 5. The van der Waals surface area contributed by atoms with Crippen LogP contribution in [0.2, 0.25) is 0 Å². The number of benzene rings is 1. The van der Waals surface area contributed by atoms with Crippen molar-refractivity contribution >= 4 is 34.2 Å². The van der Waals surface area contributed by atoms with Crippen molar-refractivity contribution in [1.82, 2.24) is 5.32 Å². The Morgan fingerprint density at radius 1 is 1.50 bits per heavy atom. The zero-order chi connectivity index (χ0) is 11.1. The molecule has 0 aromatic heterocycles. The van der Waals surface area contributed by atoms with Crippen LogP contribution in [0.3, 0.4) is 0 Å². The molecule has 16 heavy (non-hydrogen) atoms. The van der Waals surface area contributed by atoms with Gasteiger partial charge in [-0.15, -0.1) is 12.4 Å². The first-order chi connectivity index (χ1) is 7.22. The Bertz CT molecular complexity index is 336. The van der Waals surface area contributed by atoms with Gasteiger partial charge >= 0.3 is 0 Å². The summed E-state index contributed by atoms with van der Waals surface area (Å²) < 4.78 is 6.18. The van der Waals surface area contributed by atoms with Crippen molar-refractivity contribution in [3.05, 3.63) is 28.7 Å². The highest BCUT2D eigenvalue weighted by atomic mass is 79.9. The van der Waals surface area contributed by atoms with Gasteiger partial charge in [0.25, 0.3) is 5.91 Å². The van der Waals surface area contributed by atoms with Crippen molar-refractivity contribution in [3.63, 3.8) is 0 Å². The Labute approximate surface area is 109 Å². The van der Waals surface area contributed by atoms with Crippen molar-refractivity contribution < 1.29 is 9.53 Å². The monoisotopic (exact) mass is 308 g/mol. The van der Waals surface area contributed by atoms with Crippen molar-refractivity contribution in [2.45, 2.75) is 0 Å². The minimum atomic E-state index is -0.166. The summed E-state index contributed by atoms with van der Waals surface area (Å²) >= 11 is 3.31. The van der Waals surface area contributed by atoms with E-state index in [1.54, 1.807) is 12.1 Å². The van der Waals surface area contributed by atoms with Crippen molar-refractivity contribution in [3.8, 4) is 5.75 Å². The third-order valence-electron chi connectivity index (χ3n) is 1.63. The predicted molar refractivity (Wildman–Crippen MR) is 68.9 cm³/mol. The molecule has 1 rings (SSSR count). The fraction of sp³-hybridized carbons (Fsp3) is 0.300. The maximum atomic E-state index is 11.2. The van der Waals surface area contributed by atoms with Crippen LogP contribution in [0.4, 0.5) is 0 Å². The van der Waals surface area contributed by atoms with E-state index in [-0.39, 0.29) is 24.9 Å². The standard InChI is InChI=1S/C10H13BrN2O2.ClH/c11-8-2-1-3-9(6-8)15-7-10(14)13-5-4-12;/h1-3,6H,4-5,7,12H2,(H,13,14);1H. The number of hydrogen-bond acceptors (Lipinski definition) is 3. The minimum Gasteiger partial charge on any atom is -0.484 e. The molecular formula is C10H14BrClN2O2. The molecule has 0 aliphatic heterocycles. The smallest absolute Gasteiger partial charge is 0.257 e. The summed E-state index contributed by atoms with van der Waals surface area (Å²) in [6, 6.07) is 7.33. The normalized spacial score (nSPS) is 9.12. The van der Waals surface area contributed by atoms with Gasteiger partial charge in [0.1, 0.15) is 5.75 Å². The van der Waals surface area contributed by atoms with Gasteiger partial charge in [-0.1, -0.05) is 22.0 Å². The molecule has 3 N–H and O–H groups in total. The van der Waals surface area contributed by atoms with Crippen LogP contribution in [0.1, 0.15) is 0 Å². The first-order valence-corrected chi connectivity index (χ1v) is 5.37. The van der Waals surface area contributed by atoms with E-state index < -0.39 is 0 Å². The predicted octanol–water partition coefficient (Wildman–Crippen LogP) is 1.32. The number of nitrogens with two attached hydrogens (primary N) is 1. The number of carbonyl (C=O) groups excluding carboxylic acids is 1. The van der Waals surface area contributed by atoms with Gasteiger partial charge in [-0.2, -0.15) is 0 Å². The van der Waals surface area contributed by atoms with Crippen LogP contribution in [0.15, 0.2) is 28.7 Å². The van der Waals surface area contributed by atoms with Crippen LogP contribution in [-0.2, 0) is 4.79 Å². The molecule has 0 fully saturated rings. The molecule has 1 aromatic carbocycles. The Kier molecular flexibility index (Phi) is 7.97. The first kappa shape index (κ1) is 15.2. The van der Waals surface area contributed by atoms with Crippen LogP contribution in [0, 0.1) is 0 Å². The van der Waals surface area contributed by atoms with E-state index in [4.69, 9.17) is 10.5 Å². The molecule has 6 heteroatoms. The minimum absolute atomic E-state index is 0. The van der Waals surface area contributed by atoms with Crippen LogP contribution in [-0.4, -0.2) is 25.6 Å². The van der Waals surface area contributed by atoms with E-state index in [9.17, 15) is 4.79 Å². The fourth-order valence-corrected chi connectivity index (χ4v) is 1.35. The maximum absolute atomic E-state index is 11.2. The van der Waals surface area contributed by atoms with Crippen LogP contribution in [0.5, 0.6) is 5.75 Å². The quantitative estimate of drug-likeness (QED) is 0.862. The van der Waals surface area contributed by atoms with Crippen molar-refractivity contribution in [2.75, 3.05) is 19.7 Å². The lowest BCUT2D eigenvalue weighted by atomic mass is 10.3. The third kappa shape index (κ3) is 5.95. The zero-order valence-corrected chi connectivity index (χ0v) is 11.0. The number of hydrogen-bond donors (Lipinski definition) is 2. The topological polar surface area (TPSA) is 64.3 Å². The highest BCUT2D eigenvalue weighted by Gasteiger charge is 2.01. The van der Waals surface area contributed by atoms with Crippen LogP contribution < -0.4 is 15.8 Å². The van der Waals surface area contributed by atoms with Gasteiger partial charge < -0.3 is 15.8 Å². The highest BCUT2D eigenvalue weighted by Crippen LogP contribution is 2.17. The molecule has 0 radical (unpaired) electrons. The molecule has 0 unspecified atom stereocenters. The summed E-state index contributed by atoms with van der Waals surface area (Å²) in [6.07, 6.45) is 0. The average molecular weight is 310 g/mol. The fourth-order valence-electron chi connectivity index (χ4n) is 0.968. The highest BCUT2D eigenvalue weighted by molar-refractivity contribution is 9.10. The zero-order valence-electron chi connectivity index (χ0n) is 8.61. The van der Waals surface area contributed by atoms with E-state index in [1.165, 1.54) is 0 Å². The van der Waals surface area contributed by atoms with E-state index in [0.717, 1.165) is 4.47 Å². The van der Waals surface area contributed by atoms with Gasteiger partial charge in [0.05, 0.1) is 0 Å².